The van der Waals surface area contributed by atoms with Gasteiger partial charge in [0.1, 0.15) is 6.33 Å². The molecule has 4 heteroatoms. The van der Waals surface area contributed by atoms with Crippen molar-refractivity contribution in [3.63, 3.8) is 0 Å². The van der Waals surface area contributed by atoms with E-state index in [1.165, 1.54) is 43.4 Å². The van der Waals surface area contributed by atoms with Crippen LogP contribution in [0.15, 0.2) is 6.33 Å². The molecule has 2 aliphatic carbocycles. The van der Waals surface area contributed by atoms with E-state index in [1.54, 1.807) is 6.33 Å². The quantitative estimate of drug-likeness (QED) is 0.901. The highest BCUT2D eigenvalue weighted by molar-refractivity contribution is 5.33. The summed E-state index contributed by atoms with van der Waals surface area (Å²) in [4.78, 5) is 8.66. The van der Waals surface area contributed by atoms with Gasteiger partial charge in [0.05, 0.1) is 12.3 Å². The van der Waals surface area contributed by atoms with E-state index in [-0.39, 0.29) is 0 Å². The lowest BCUT2D eigenvalue weighted by atomic mass is 9.80. The minimum absolute atomic E-state index is 0.603. The van der Waals surface area contributed by atoms with Crippen LogP contribution >= 0.6 is 0 Å². The number of aromatic nitrogens is 2. The molecule has 1 aromatic heterocycles. The molecule has 1 saturated carbocycles. The van der Waals surface area contributed by atoms with E-state index in [2.05, 4.69) is 9.97 Å². The Morgan fingerprint density at radius 2 is 1.95 bits per heavy atom. The highest BCUT2D eigenvalue weighted by Gasteiger charge is 2.25. The molecule has 0 bridgehead atoms. The minimum Gasteiger partial charge on any atom is -0.477 e. The lowest BCUT2D eigenvalue weighted by molar-refractivity contribution is 0.148. The molecule has 0 spiro atoms. The number of hydrogen-bond donors (Lipinski definition) is 1. The number of hydrogen-bond acceptors (Lipinski definition) is 4. The molecule has 2 aliphatic rings. The number of aryl methyl sites for hydroxylation is 1. The Kier molecular flexibility index (Phi) is 3.97. The zero-order valence-corrected chi connectivity index (χ0v) is 11.5. The van der Waals surface area contributed by atoms with Crippen molar-refractivity contribution in [1.29, 1.82) is 0 Å². The number of ether oxygens (including phenoxy) is 1. The fourth-order valence-corrected chi connectivity index (χ4v) is 3.45. The molecule has 2 atom stereocenters. The van der Waals surface area contributed by atoms with Crippen LogP contribution in [0.4, 0.5) is 0 Å². The summed E-state index contributed by atoms with van der Waals surface area (Å²) in [7, 11) is 0. The van der Waals surface area contributed by atoms with Gasteiger partial charge in [-0.05, 0) is 50.5 Å². The zero-order chi connectivity index (χ0) is 13.1. The first-order chi connectivity index (χ1) is 9.38. The van der Waals surface area contributed by atoms with Crippen molar-refractivity contribution in [2.75, 3.05) is 13.2 Å². The maximum Gasteiger partial charge on any atom is 0.219 e. The number of rotatable bonds is 4. The van der Waals surface area contributed by atoms with Crippen molar-refractivity contribution in [1.82, 2.24) is 9.97 Å². The Bertz CT molecular complexity index is 435. The van der Waals surface area contributed by atoms with Crippen LogP contribution < -0.4 is 10.5 Å². The van der Waals surface area contributed by atoms with Crippen molar-refractivity contribution < 1.29 is 4.74 Å². The Morgan fingerprint density at radius 3 is 2.79 bits per heavy atom. The molecular weight excluding hydrogens is 238 g/mol. The van der Waals surface area contributed by atoms with Gasteiger partial charge in [0.15, 0.2) is 0 Å². The first-order valence-electron chi connectivity index (χ1n) is 7.54. The SMILES string of the molecule is NCC1CCCCC1COc1ncnc2c1CCC2. The van der Waals surface area contributed by atoms with Crippen LogP contribution in [0.3, 0.4) is 0 Å². The van der Waals surface area contributed by atoms with Crippen LogP contribution in [0.5, 0.6) is 5.88 Å². The molecule has 0 aromatic carbocycles. The van der Waals surface area contributed by atoms with Gasteiger partial charge in [-0.15, -0.1) is 0 Å². The molecule has 2 N–H and O–H groups in total. The first-order valence-corrected chi connectivity index (χ1v) is 7.54. The summed E-state index contributed by atoms with van der Waals surface area (Å²) in [5.74, 6) is 2.05. The highest BCUT2D eigenvalue weighted by atomic mass is 16.5. The normalized spacial score (nSPS) is 26.2. The molecule has 0 saturated heterocycles. The molecule has 1 heterocycles. The predicted octanol–water partition coefficient (Wildman–Crippen LogP) is 2.11. The average molecular weight is 261 g/mol. The molecule has 1 fully saturated rings. The second-order valence-electron chi connectivity index (χ2n) is 5.81. The fraction of sp³-hybridized carbons (Fsp3) is 0.733. The summed E-state index contributed by atoms with van der Waals surface area (Å²) in [5, 5.41) is 0. The summed E-state index contributed by atoms with van der Waals surface area (Å²) in [6, 6.07) is 0. The summed E-state index contributed by atoms with van der Waals surface area (Å²) in [5.41, 5.74) is 8.29. The topological polar surface area (TPSA) is 61.0 Å². The number of fused-ring (bicyclic) bond motifs is 1. The molecule has 2 unspecified atom stereocenters. The van der Waals surface area contributed by atoms with Crippen LogP contribution in [0.25, 0.3) is 0 Å². The average Bonchev–Trinajstić information content (AvgIpc) is 2.94. The molecule has 3 rings (SSSR count). The Balaban J connectivity index is 1.64. The van der Waals surface area contributed by atoms with Crippen LogP contribution in [-0.4, -0.2) is 23.1 Å². The van der Waals surface area contributed by atoms with E-state index in [0.717, 1.165) is 31.9 Å². The van der Waals surface area contributed by atoms with Gasteiger partial charge in [0, 0.05) is 5.56 Å². The third-order valence-electron chi connectivity index (χ3n) is 4.64. The second-order valence-corrected chi connectivity index (χ2v) is 5.81. The predicted molar refractivity (Wildman–Crippen MR) is 74.1 cm³/mol. The molecule has 19 heavy (non-hydrogen) atoms. The molecule has 104 valence electrons. The summed E-state index contributed by atoms with van der Waals surface area (Å²) in [6.07, 6.45) is 10.1. The van der Waals surface area contributed by atoms with Crippen molar-refractivity contribution in [2.24, 2.45) is 17.6 Å². The zero-order valence-electron chi connectivity index (χ0n) is 11.5. The Morgan fingerprint density at radius 1 is 1.11 bits per heavy atom. The van der Waals surface area contributed by atoms with Crippen molar-refractivity contribution in [3.05, 3.63) is 17.6 Å². The van der Waals surface area contributed by atoms with E-state index in [1.807, 2.05) is 0 Å². The third kappa shape index (κ3) is 2.73. The summed E-state index contributed by atoms with van der Waals surface area (Å²) < 4.78 is 6.01. The monoisotopic (exact) mass is 261 g/mol. The minimum atomic E-state index is 0.603. The molecular formula is C15H23N3O. The van der Waals surface area contributed by atoms with Gasteiger partial charge in [-0.2, -0.15) is 0 Å². The fourth-order valence-electron chi connectivity index (χ4n) is 3.45. The molecule has 0 radical (unpaired) electrons. The lowest BCUT2D eigenvalue weighted by Crippen LogP contribution is -2.31. The Labute approximate surface area is 114 Å². The van der Waals surface area contributed by atoms with Gasteiger partial charge in [-0.3, -0.25) is 0 Å². The van der Waals surface area contributed by atoms with Gasteiger partial charge in [-0.25, -0.2) is 9.97 Å². The molecule has 1 aromatic rings. The van der Waals surface area contributed by atoms with E-state index >= 15 is 0 Å². The Hall–Kier alpha value is -1.16. The van der Waals surface area contributed by atoms with Gasteiger partial charge in [0.25, 0.3) is 0 Å². The number of nitrogens with zero attached hydrogens (tertiary/aromatic N) is 2. The van der Waals surface area contributed by atoms with Crippen molar-refractivity contribution >= 4 is 0 Å². The third-order valence-corrected chi connectivity index (χ3v) is 4.64. The van der Waals surface area contributed by atoms with E-state index < -0.39 is 0 Å². The van der Waals surface area contributed by atoms with Gasteiger partial charge in [-0.1, -0.05) is 12.8 Å². The van der Waals surface area contributed by atoms with Crippen molar-refractivity contribution in [3.8, 4) is 5.88 Å². The van der Waals surface area contributed by atoms with Crippen LogP contribution in [0.2, 0.25) is 0 Å². The van der Waals surface area contributed by atoms with E-state index in [4.69, 9.17) is 10.5 Å². The molecule has 4 nitrogen and oxygen atoms in total. The van der Waals surface area contributed by atoms with Gasteiger partial charge < -0.3 is 10.5 Å². The maximum absolute atomic E-state index is 6.01. The smallest absolute Gasteiger partial charge is 0.219 e. The van der Waals surface area contributed by atoms with Crippen LogP contribution in [0, 0.1) is 11.8 Å². The molecule has 0 aliphatic heterocycles. The van der Waals surface area contributed by atoms with E-state index in [9.17, 15) is 0 Å². The number of nitrogens with two attached hydrogens (primary N) is 1. The van der Waals surface area contributed by atoms with Gasteiger partial charge in [0.2, 0.25) is 5.88 Å². The van der Waals surface area contributed by atoms with Crippen LogP contribution in [0.1, 0.15) is 43.4 Å². The van der Waals surface area contributed by atoms with Crippen molar-refractivity contribution in [2.45, 2.75) is 44.9 Å². The summed E-state index contributed by atoms with van der Waals surface area (Å²) in [6.45, 7) is 1.56. The first kappa shape index (κ1) is 12.9. The largest absolute Gasteiger partial charge is 0.477 e. The van der Waals surface area contributed by atoms with E-state index in [0.29, 0.717) is 11.8 Å². The van der Waals surface area contributed by atoms with Crippen LogP contribution in [-0.2, 0) is 12.8 Å². The second kappa shape index (κ2) is 5.87. The highest BCUT2D eigenvalue weighted by Crippen LogP contribution is 2.31. The lowest BCUT2D eigenvalue weighted by Gasteiger charge is -2.30. The summed E-state index contributed by atoms with van der Waals surface area (Å²) >= 11 is 0. The molecule has 0 amide bonds. The van der Waals surface area contributed by atoms with Gasteiger partial charge >= 0.3 is 0 Å². The standard InChI is InChI=1S/C15H23N3O/c16-8-11-4-1-2-5-12(11)9-19-15-13-6-3-7-14(13)17-10-18-15/h10-12H,1-9,16H2. The maximum atomic E-state index is 6.01.